The molecule has 0 atom stereocenters. The Labute approximate surface area is 211 Å². The van der Waals surface area contributed by atoms with E-state index in [1.54, 1.807) is 18.2 Å². The van der Waals surface area contributed by atoms with E-state index >= 15 is 0 Å². The molecule has 0 fully saturated rings. The Kier molecular flexibility index (Phi) is 7.82. The molecule has 3 N–H and O–H groups in total. The molecule has 8 heteroatoms. The van der Waals surface area contributed by atoms with Crippen molar-refractivity contribution in [1.29, 1.82) is 0 Å². The number of ether oxygens (including phenoxy) is 1. The molecule has 0 radical (unpaired) electrons. The van der Waals surface area contributed by atoms with Crippen molar-refractivity contribution in [1.82, 2.24) is 5.32 Å². The summed E-state index contributed by atoms with van der Waals surface area (Å²) in [6.07, 6.45) is 0.519. The molecule has 0 aromatic heterocycles. The molecule has 1 aliphatic carbocycles. The topological polar surface area (TPSA) is 105 Å². The normalized spacial score (nSPS) is 11.9. The van der Waals surface area contributed by atoms with Crippen molar-refractivity contribution >= 4 is 39.6 Å². The highest BCUT2D eigenvalue weighted by atomic mass is 79.9. The van der Waals surface area contributed by atoms with Gasteiger partial charge in [0.2, 0.25) is 0 Å². The van der Waals surface area contributed by atoms with Gasteiger partial charge in [-0.05, 0) is 69.2 Å². The number of benzene rings is 3. The minimum absolute atomic E-state index is 0.0465. The first-order valence-corrected chi connectivity index (χ1v) is 12.1. The van der Waals surface area contributed by atoms with E-state index in [1.165, 1.54) is 0 Å². The fraction of sp³-hybridized carbons (Fsp3) is 0.222. The predicted octanol–water partition coefficient (Wildman–Crippen LogP) is 5.79. The van der Waals surface area contributed by atoms with Crippen LogP contribution in [0.15, 0.2) is 71.2 Å². The number of fused-ring (bicyclic) bond motifs is 3. The number of carbonyl (C=O) groups is 3. The van der Waals surface area contributed by atoms with E-state index in [0.717, 1.165) is 22.3 Å². The minimum Gasteiger partial charge on any atom is -0.481 e. The number of amides is 2. The van der Waals surface area contributed by atoms with Crippen LogP contribution in [0, 0.1) is 0 Å². The number of hydrogen-bond donors (Lipinski definition) is 3. The Morgan fingerprint density at radius 1 is 0.914 bits per heavy atom. The number of carboxylic acids is 1. The van der Waals surface area contributed by atoms with Gasteiger partial charge in [-0.1, -0.05) is 48.5 Å². The molecule has 3 aromatic rings. The monoisotopic (exact) mass is 536 g/mol. The second-order valence-corrected chi connectivity index (χ2v) is 9.11. The van der Waals surface area contributed by atoms with E-state index in [1.807, 2.05) is 24.3 Å². The highest BCUT2D eigenvalue weighted by molar-refractivity contribution is 9.10. The first kappa shape index (κ1) is 24.5. The summed E-state index contributed by atoms with van der Waals surface area (Å²) in [7, 11) is 0. The number of nitrogens with one attached hydrogen (secondary N) is 2. The lowest BCUT2D eigenvalue weighted by atomic mass is 9.98. The SMILES string of the molecule is O=C(O)CCCCNC(=O)c1ccc(Br)c(NC(=O)OCC2c3ccccc3-c3ccccc32)c1. The fourth-order valence-electron chi connectivity index (χ4n) is 4.21. The van der Waals surface area contributed by atoms with Crippen LogP contribution in [0.2, 0.25) is 0 Å². The maximum atomic E-state index is 12.6. The molecule has 4 rings (SSSR count). The van der Waals surface area contributed by atoms with Crippen LogP contribution in [0.25, 0.3) is 11.1 Å². The van der Waals surface area contributed by atoms with Crippen LogP contribution < -0.4 is 10.6 Å². The van der Waals surface area contributed by atoms with Crippen molar-refractivity contribution in [3.05, 3.63) is 87.9 Å². The summed E-state index contributed by atoms with van der Waals surface area (Å²) in [4.78, 5) is 35.6. The standard InChI is InChI=1S/C27H25BrN2O5/c28-23-13-12-17(26(33)29-14-6-5-11-25(31)32)15-24(23)30-27(34)35-16-22-20-9-3-1-7-18(20)19-8-2-4-10-21(19)22/h1-4,7-10,12-13,15,22H,5-6,11,14,16H2,(H,29,33)(H,30,34)(H,31,32). The van der Waals surface area contributed by atoms with E-state index < -0.39 is 12.1 Å². The molecule has 1 aliphatic rings. The second-order valence-electron chi connectivity index (χ2n) is 8.25. The summed E-state index contributed by atoms with van der Waals surface area (Å²) in [5, 5.41) is 14.2. The average Bonchev–Trinajstić information content (AvgIpc) is 3.17. The zero-order valence-electron chi connectivity index (χ0n) is 18.9. The van der Waals surface area contributed by atoms with Gasteiger partial charge in [-0.25, -0.2) is 4.79 Å². The maximum Gasteiger partial charge on any atom is 0.411 e. The van der Waals surface area contributed by atoms with Crippen LogP contribution in [-0.4, -0.2) is 36.2 Å². The van der Waals surface area contributed by atoms with E-state index in [-0.39, 0.29) is 24.9 Å². The zero-order valence-corrected chi connectivity index (χ0v) is 20.5. The van der Waals surface area contributed by atoms with Crippen LogP contribution in [0.5, 0.6) is 0 Å². The molecule has 0 heterocycles. The number of aliphatic carboxylic acids is 1. The number of rotatable bonds is 9. The van der Waals surface area contributed by atoms with Gasteiger partial charge in [0.25, 0.3) is 5.91 Å². The molecule has 0 spiro atoms. The molecule has 0 saturated heterocycles. The fourth-order valence-corrected chi connectivity index (χ4v) is 4.56. The number of anilines is 1. The Hall–Kier alpha value is -3.65. The first-order valence-electron chi connectivity index (χ1n) is 11.4. The summed E-state index contributed by atoms with van der Waals surface area (Å²) >= 11 is 3.40. The Bertz CT molecular complexity index is 1210. The maximum absolute atomic E-state index is 12.6. The third-order valence-electron chi connectivity index (χ3n) is 5.91. The van der Waals surface area contributed by atoms with E-state index in [4.69, 9.17) is 9.84 Å². The van der Waals surface area contributed by atoms with E-state index in [9.17, 15) is 14.4 Å². The lowest BCUT2D eigenvalue weighted by molar-refractivity contribution is -0.137. The molecule has 0 unspecified atom stereocenters. The van der Waals surface area contributed by atoms with Crippen LogP contribution >= 0.6 is 15.9 Å². The van der Waals surface area contributed by atoms with Gasteiger partial charge in [-0.2, -0.15) is 0 Å². The summed E-state index contributed by atoms with van der Waals surface area (Å²) < 4.78 is 6.21. The molecule has 0 bridgehead atoms. The number of hydrogen-bond acceptors (Lipinski definition) is 4. The van der Waals surface area contributed by atoms with E-state index in [0.29, 0.717) is 35.1 Å². The Morgan fingerprint density at radius 2 is 1.57 bits per heavy atom. The lowest BCUT2D eigenvalue weighted by Crippen LogP contribution is -2.25. The minimum atomic E-state index is -0.854. The molecular weight excluding hydrogens is 512 g/mol. The molecule has 7 nitrogen and oxygen atoms in total. The number of carbonyl (C=O) groups excluding carboxylic acids is 2. The van der Waals surface area contributed by atoms with Gasteiger partial charge in [0.05, 0.1) is 5.69 Å². The second kappa shape index (κ2) is 11.2. The smallest absolute Gasteiger partial charge is 0.411 e. The highest BCUT2D eigenvalue weighted by Gasteiger charge is 2.29. The van der Waals surface area contributed by atoms with Gasteiger partial charge in [-0.15, -0.1) is 0 Å². The zero-order chi connectivity index (χ0) is 24.8. The average molecular weight is 537 g/mol. The number of halogens is 1. The third kappa shape index (κ3) is 5.89. The van der Waals surface area contributed by atoms with Crippen molar-refractivity contribution < 1.29 is 24.2 Å². The van der Waals surface area contributed by atoms with Crippen molar-refractivity contribution in [2.75, 3.05) is 18.5 Å². The highest BCUT2D eigenvalue weighted by Crippen LogP contribution is 2.44. The molecular formula is C27H25BrN2O5. The van der Waals surface area contributed by atoms with Gasteiger partial charge >= 0.3 is 12.1 Å². The van der Waals surface area contributed by atoms with Crippen LogP contribution in [0.1, 0.15) is 46.7 Å². The number of carboxylic acid groups (broad SMARTS) is 1. The van der Waals surface area contributed by atoms with Gasteiger partial charge in [0, 0.05) is 28.9 Å². The largest absolute Gasteiger partial charge is 0.481 e. The third-order valence-corrected chi connectivity index (χ3v) is 6.60. The molecule has 0 aliphatic heterocycles. The Morgan fingerprint density at radius 3 is 2.23 bits per heavy atom. The van der Waals surface area contributed by atoms with Gasteiger partial charge in [0.15, 0.2) is 0 Å². The molecule has 3 aromatic carbocycles. The van der Waals surface area contributed by atoms with Crippen LogP contribution in [0.3, 0.4) is 0 Å². The van der Waals surface area contributed by atoms with Gasteiger partial charge < -0.3 is 15.2 Å². The lowest BCUT2D eigenvalue weighted by Gasteiger charge is -2.15. The first-order chi connectivity index (χ1) is 16.9. The molecule has 35 heavy (non-hydrogen) atoms. The summed E-state index contributed by atoms with van der Waals surface area (Å²) in [6.45, 7) is 0.561. The van der Waals surface area contributed by atoms with Gasteiger partial charge in [-0.3, -0.25) is 14.9 Å². The van der Waals surface area contributed by atoms with Crippen molar-refractivity contribution in [2.24, 2.45) is 0 Å². The summed E-state index contributed by atoms with van der Waals surface area (Å²) in [6, 6.07) is 21.1. The summed E-state index contributed by atoms with van der Waals surface area (Å²) in [5.74, 6) is -1.20. The van der Waals surface area contributed by atoms with Crippen molar-refractivity contribution in [3.8, 4) is 11.1 Å². The molecule has 180 valence electrons. The van der Waals surface area contributed by atoms with Gasteiger partial charge in [0.1, 0.15) is 6.61 Å². The molecule has 2 amide bonds. The summed E-state index contributed by atoms with van der Waals surface area (Å²) in [5.41, 5.74) is 5.36. The number of unbranched alkanes of at least 4 members (excludes halogenated alkanes) is 1. The van der Waals surface area contributed by atoms with E-state index in [2.05, 4.69) is 50.8 Å². The van der Waals surface area contributed by atoms with Crippen LogP contribution in [0.4, 0.5) is 10.5 Å². The molecule has 0 saturated carbocycles. The van der Waals surface area contributed by atoms with Crippen LogP contribution in [-0.2, 0) is 9.53 Å². The quantitative estimate of drug-likeness (QED) is 0.300. The predicted molar refractivity (Wildman–Crippen MR) is 137 cm³/mol. The Balaban J connectivity index is 1.36. The van der Waals surface area contributed by atoms with Crippen molar-refractivity contribution in [2.45, 2.75) is 25.2 Å². The van der Waals surface area contributed by atoms with Crippen molar-refractivity contribution in [3.63, 3.8) is 0 Å².